The second kappa shape index (κ2) is 11.3. The number of carbonyl (C=O) groups excluding carboxylic acids is 1. The van der Waals surface area contributed by atoms with Crippen LogP contribution in [0.25, 0.3) is 11.3 Å². The number of hydrogen-bond donors (Lipinski definition) is 0. The van der Waals surface area contributed by atoms with Crippen molar-refractivity contribution in [1.29, 1.82) is 0 Å². The fourth-order valence-electron chi connectivity index (χ4n) is 3.45. The van der Waals surface area contributed by atoms with E-state index >= 15 is 0 Å². The SMILES string of the molecule is COc1ccccc1OCC(=O)N1CCN(Cc2nc(-c3ccc(F)cc3)cs2)CC1.Cl. The number of rotatable bonds is 7. The van der Waals surface area contributed by atoms with Crippen LogP contribution in [-0.2, 0) is 11.3 Å². The van der Waals surface area contributed by atoms with Gasteiger partial charge >= 0.3 is 0 Å². The molecule has 0 unspecified atom stereocenters. The van der Waals surface area contributed by atoms with Crippen molar-refractivity contribution in [3.8, 4) is 22.8 Å². The Morgan fingerprint density at radius 2 is 1.75 bits per heavy atom. The first kappa shape index (κ1) is 24.0. The average molecular weight is 478 g/mol. The van der Waals surface area contributed by atoms with Crippen molar-refractivity contribution in [2.45, 2.75) is 6.54 Å². The summed E-state index contributed by atoms with van der Waals surface area (Å²) >= 11 is 1.60. The number of nitrogens with zero attached hydrogens (tertiary/aromatic N) is 3. The summed E-state index contributed by atoms with van der Waals surface area (Å²) in [5, 5.41) is 3.01. The highest BCUT2D eigenvalue weighted by Gasteiger charge is 2.22. The Labute approximate surface area is 197 Å². The number of ether oxygens (including phenoxy) is 2. The number of methoxy groups -OCH3 is 1. The molecule has 0 spiro atoms. The molecule has 2 heterocycles. The first-order chi connectivity index (χ1) is 15.1. The van der Waals surface area contributed by atoms with Crippen LogP contribution in [0.15, 0.2) is 53.9 Å². The zero-order valence-electron chi connectivity index (χ0n) is 17.7. The van der Waals surface area contributed by atoms with E-state index in [1.165, 1.54) is 12.1 Å². The van der Waals surface area contributed by atoms with Crippen LogP contribution >= 0.6 is 23.7 Å². The molecule has 1 saturated heterocycles. The largest absolute Gasteiger partial charge is 0.493 e. The second-order valence-corrected chi connectivity index (χ2v) is 8.17. The van der Waals surface area contributed by atoms with Crippen molar-refractivity contribution in [1.82, 2.24) is 14.8 Å². The molecule has 2 aromatic carbocycles. The van der Waals surface area contributed by atoms with Gasteiger partial charge in [0.15, 0.2) is 18.1 Å². The summed E-state index contributed by atoms with van der Waals surface area (Å²) in [6.45, 7) is 3.62. The minimum absolute atomic E-state index is 0. The minimum atomic E-state index is -0.250. The molecule has 0 atom stereocenters. The molecule has 1 amide bonds. The quantitative estimate of drug-likeness (QED) is 0.512. The third-order valence-electron chi connectivity index (χ3n) is 5.20. The molecule has 1 aromatic heterocycles. The summed E-state index contributed by atoms with van der Waals surface area (Å²) in [5.74, 6) is 0.902. The lowest BCUT2D eigenvalue weighted by molar-refractivity contribution is -0.135. The summed E-state index contributed by atoms with van der Waals surface area (Å²) < 4.78 is 24.0. The lowest BCUT2D eigenvalue weighted by atomic mass is 10.2. The fourth-order valence-corrected chi connectivity index (χ4v) is 4.30. The van der Waals surface area contributed by atoms with Gasteiger partial charge in [-0.2, -0.15) is 0 Å². The number of aromatic nitrogens is 1. The maximum atomic E-state index is 13.1. The van der Waals surface area contributed by atoms with Crippen LogP contribution in [0, 0.1) is 5.82 Å². The van der Waals surface area contributed by atoms with Crippen molar-refractivity contribution in [3.05, 3.63) is 64.7 Å². The standard InChI is InChI=1S/C23H24FN3O3S.ClH/c1-29-20-4-2-3-5-21(20)30-15-23(28)27-12-10-26(11-13-27)14-22-25-19(16-31-22)17-6-8-18(24)9-7-17;/h2-9,16H,10-15H2,1H3;1H. The van der Waals surface area contributed by atoms with Crippen molar-refractivity contribution in [2.24, 2.45) is 0 Å². The molecule has 4 rings (SSSR count). The Kier molecular flexibility index (Phi) is 8.44. The van der Waals surface area contributed by atoms with E-state index < -0.39 is 0 Å². The van der Waals surface area contributed by atoms with Gasteiger partial charge in [0.1, 0.15) is 10.8 Å². The third-order valence-corrected chi connectivity index (χ3v) is 6.03. The maximum absolute atomic E-state index is 13.1. The molecular weight excluding hydrogens is 453 g/mol. The normalized spacial score (nSPS) is 14.0. The fraction of sp³-hybridized carbons (Fsp3) is 0.304. The first-order valence-corrected chi connectivity index (χ1v) is 11.0. The van der Waals surface area contributed by atoms with E-state index in [0.29, 0.717) is 24.6 Å². The van der Waals surface area contributed by atoms with Gasteiger partial charge < -0.3 is 14.4 Å². The van der Waals surface area contributed by atoms with Crippen LogP contribution < -0.4 is 9.47 Å². The number of amides is 1. The maximum Gasteiger partial charge on any atom is 0.260 e. The first-order valence-electron chi connectivity index (χ1n) is 10.1. The summed E-state index contributed by atoms with van der Waals surface area (Å²) in [6.07, 6.45) is 0. The zero-order valence-corrected chi connectivity index (χ0v) is 19.3. The van der Waals surface area contributed by atoms with E-state index in [0.717, 1.165) is 35.9 Å². The van der Waals surface area contributed by atoms with Crippen LogP contribution in [0.2, 0.25) is 0 Å². The second-order valence-electron chi connectivity index (χ2n) is 7.23. The number of hydrogen-bond acceptors (Lipinski definition) is 6. The van der Waals surface area contributed by atoms with Crippen molar-refractivity contribution >= 4 is 29.7 Å². The van der Waals surface area contributed by atoms with E-state index in [1.54, 1.807) is 42.7 Å². The molecule has 0 N–H and O–H groups in total. The van der Waals surface area contributed by atoms with Gasteiger partial charge in [-0.3, -0.25) is 9.69 Å². The lowest BCUT2D eigenvalue weighted by Gasteiger charge is -2.34. The molecule has 32 heavy (non-hydrogen) atoms. The van der Waals surface area contributed by atoms with Gasteiger partial charge in [0.25, 0.3) is 5.91 Å². The topological polar surface area (TPSA) is 54.9 Å². The van der Waals surface area contributed by atoms with E-state index in [2.05, 4.69) is 9.88 Å². The Morgan fingerprint density at radius 3 is 2.44 bits per heavy atom. The predicted molar refractivity (Wildman–Crippen MR) is 125 cm³/mol. The van der Waals surface area contributed by atoms with E-state index in [1.807, 2.05) is 22.4 Å². The molecule has 1 aliphatic heterocycles. The highest BCUT2D eigenvalue weighted by Crippen LogP contribution is 2.26. The highest BCUT2D eigenvalue weighted by molar-refractivity contribution is 7.09. The number of benzene rings is 2. The summed E-state index contributed by atoms with van der Waals surface area (Å²) in [6, 6.07) is 13.7. The van der Waals surface area contributed by atoms with Crippen molar-refractivity contribution in [3.63, 3.8) is 0 Å². The lowest BCUT2D eigenvalue weighted by Crippen LogP contribution is -2.49. The van der Waals surface area contributed by atoms with Crippen LogP contribution in [-0.4, -0.2) is 60.6 Å². The molecule has 1 aliphatic rings. The predicted octanol–water partition coefficient (Wildman–Crippen LogP) is 4.10. The summed E-state index contributed by atoms with van der Waals surface area (Å²) in [7, 11) is 1.58. The van der Waals surface area contributed by atoms with Gasteiger partial charge in [-0.05, 0) is 36.4 Å². The Bertz CT molecular complexity index is 1020. The molecule has 1 fully saturated rings. The number of thiazole rings is 1. The Hall–Kier alpha value is -2.68. The number of carbonyl (C=O) groups is 1. The van der Waals surface area contributed by atoms with E-state index in [9.17, 15) is 9.18 Å². The molecule has 9 heteroatoms. The molecule has 0 radical (unpaired) electrons. The number of piperazine rings is 1. The summed E-state index contributed by atoms with van der Waals surface area (Å²) in [5.41, 5.74) is 1.77. The van der Waals surface area contributed by atoms with Crippen LogP contribution in [0.5, 0.6) is 11.5 Å². The number of halogens is 2. The molecule has 0 saturated carbocycles. The number of para-hydroxylation sites is 2. The minimum Gasteiger partial charge on any atom is -0.493 e. The third kappa shape index (κ3) is 5.97. The highest BCUT2D eigenvalue weighted by atomic mass is 35.5. The summed E-state index contributed by atoms with van der Waals surface area (Å²) in [4.78, 5) is 21.3. The van der Waals surface area contributed by atoms with Gasteiger partial charge in [-0.25, -0.2) is 9.37 Å². The van der Waals surface area contributed by atoms with Gasteiger partial charge in [-0.1, -0.05) is 12.1 Å². The van der Waals surface area contributed by atoms with Crippen molar-refractivity contribution in [2.75, 3.05) is 39.9 Å². The Balaban J connectivity index is 0.00000289. The van der Waals surface area contributed by atoms with E-state index in [4.69, 9.17) is 9.47 Å². The molecule has 170 valence electrons. The molecule has 0 aliphatic carbocycles. The molecule has 0 bridgehead atoms. The van der Waals surface area contributed by atoms with Crippen LogP contribution in [0.3, 0.4) is 0 Å². The molecule has 6 nitrogen and oxygen atoms in total. The molecular formula is C23H25ClFN3O3S. The van der Waals surface area contributed by atoms with Gasteiger partial charge in [0.05, 0.1) is 19.3 Å². The van der Waals surface area contributed by atoms with Gasteiger partial charge in [0, 0.05) is 37.1 Å². The zero-order chi connectivity index (χ0) is 21.6. The average Bonchev–Trinajstić information content (AvgIpc) is 3.27. The van der Waals surface area contributed by atoms with Crippen LogP contribution in [0.1, 0.15) is 5.01 Å². The Morgan fingerprint density at radius 1 is 1.06 bits per heavy atom. The monoisotopic (exact) mass is 477 g/mol. The van der Waals surface area contributed by atoms with Crippen LogP contribution in [0.4, 0.5) is 4.39 Å². The van der Waals surface area contributed by atoms with Gasteiger partial charge in [0.2, 0.25) is 0 Å². The van der Waals surface area contributed by atoms with Crippen molar-refractivity contribution < 1.29 is 18.7 Å². The molecule has 3 aromatic rings. The smallest absolute Gasteiger partial charge is 0.260 e. The van der Waals surface area contributed by atoms with Gasteiger partial charge in [-0.15, -0.1) is 23.7 Å². The van der Waals surface area contributed by atoms with E-state index in [-0.39, 0.29) is 30.7 Å².